The van der Waals surface area contributed by atoms with E-state index in [1.165, 1.54) is 0 Å². The molecule has 2 aromatic heterocycles. The molecule has 2 N–H and O–H groups in total. The lowest BCUT2D eigenvalue weighted by atomic mass is 10.1. The Balaban J connectivity index is 2.34. The van der Waals surface area contributed by atoms with E-state index in [1.54, 1.807) is 0 Å². The Kier molecular flexibility index (Phi) is 1.59. The number of hydrogen-bond donors (Lipinski definition) is 2. The Morgan fingerprint density at radius 2 is 1.50 bits per heavy atom. The normalized spacial score (nSPS) is 10.0. The summed E-state index contributed by atoms with van der Waals surface area (Å²) in [5, 5.41) is 0. The van der Waals surface area contributed by atoms with Crippen molar-refractivity contribution >= 4 is 5.57 Å². The number of H-pyrrole nitrogens is 2. The second-order valence-electron chi connectivity index (χ2n) is 2.68. The average molecular weight is 158 g/mol. The molecule has 12 heavy (non-hydrogen) atoms. The minimum atomic E-state index is 1.04. The fourth-order valence-electron chi connectivity index (χ4n) is 1.19. The Hall–Kier alpha value is -1.70. The first-order valence-electron chi connectivity index (χ1n) is 3.83. The highest BCUT2D eigenvalue weighted by molar-refractivity contribution is 5.77. The fourth-order valence-corrected chi connectivity index (χ4v) is 1.19. The van der Waals surface area contributed by atoms with Crippen molar-refractivity contribution in [1.82, 2.24) is 9.97 Å². The van der Waals surface area contributed by atoms with Crippen LogP contribution in [0.1, 0.15) is 11.1 Å². The lowest BCUT2D eigenvalue weighted by molar-refractivity contribution is 1.40. The van der Waals surface area contributed by atoms with E-state index in [4.69, 9.17) is 0 Å². The lowest BCUT2D eigenvalue weighted by Crippen LogP contribution is -1.78. The number of hydrogen-bond acceptors (Lipinski definition) is 0. The summed E-state index contributed by atoms with van der Waals surface area (Å²) in [5.74, 6) is 0. The zero-order valence-corrected chi connectivity index (χ0v) is 6.67. The van der Waals surface area contributed by atoms with E-state index in [0.717, 1.165) is 16.7 Å². The summed E-state index contributed by atoms with van der Waals surface area (Å²) in [6.07, 6.45) is 7.67. The number of aromatic amines is 2. The van der Waals surface area contributed by atoms with Crippen LogP contribution in [0.4, 0.5) is 0 Å². The van der Waals surface area contributed by atoms with E-state index in [-0.39, 0.29) is 0 Å². The van der Waals surface area contributed by atoms with Crippen molar-refractivity contribution in [3.8, 4) is 0 Å². The molecule has 0 atom stereocenters. The molecular weight excluding hydrogens is 148 g/mol. The van der Waals surface area contributed by atoms with E-state index >= 15 is 0 Å². The van der Waals surface area contributed by atoms with Gasteiger partial charge in [0.25, 0.3) is 0 Å². The monoisotopic (exact) mass is 158 g/mol. The third kappa shape index (κ3) is 1.07. The van der Waals surface area contributed by atoms with Gasteiger partial charge < -0.3 is 9.97 Å². The van der Waals surface area contributed by atoms with Crippen molar-refractivity contribution in [3.05, 3.63) is 54.6 Å². The second-order valence-corrected chi connectivity index (χ2v) is 2.68. The third-order valence-electron chi connectivity index (χ3n) is 1.89. The molecule has 0 spiro atoms. The minimum Gasteiger partial charge on any atom is -0.367 e. The van der Waals surface area contributed by atoms with Crippen LogP contribution in [0.25, 0.3) is 5.57 Å². The molecule has 0 unspecified atom stereocenters. The van der Waals surface area contributed by atoms with Crippen molar-refractivity contribution < 1.29 is 0 Å². The maximum absolute atomic E-state index is 4.00. The summed E-state index contributed by atoms with van der Waals surface area (Å²) in [4.78, 5) is 6.00. The van der Waals surface area contributed by atoms with Gasteiger partial charge in [0.15, 0.2) is 0 Å². The molecule has 0 radical (unpaired) electrons. The van der Waals surface area contributed by atoms with Crippen LogP contribution >= 0.6 is 0 Å². The van der Waals surface area contributed by atoms with E-state index in [1.807, 2.05) is 36.9 Å². The zero-order valence-electron chi connectivity index (χ0n) is 6.67. The van der Waals surface area contributed by atoms with E-state index in [2.05, 4.69) is 16.5 Å². The van der Waals surface area contributed by atoms with Crippen molar-refractivity contribution in [2.24, 2.45) is 0 Å². The third-order valence-corrected chi connectivity index (χ3v) is 1.89. The molecule has 0 aromatic carbocycles. The minimum absolute atomic E-state index is 1.04. The number of nitrogens with one attached hydrogen (secondary N) is 2. The van der Waals surface area contributed by atoms with Gasteiger partial charge in [0.1, 0.15) is 0 Å². The molecule has 0 amide bonds. The van der Waals surface area contributed by atoms with Crippen LogP contribution in [0.3, 0.4) is 0 Å². The van der Waals surface area contributed by atoms with Crippen LogP contribution in [-0.4, -0.2) is 9.97 Å². The highest BCUT2D eigenvalue weighted by Crippen LogP contribution is 2.19. The molecule has 0 fully saturated rings. The van der Waals surface area contributed by atoms with Crippen LogP contribution in [-0.2, 0) is 0 Å². The molecule has 0 saturated heterocycles. The summed E-state index contributed by atoms with van der Waals surface area (Å²) in [6, 6.07) is 4.02. The van der Waals surface area contributed by atoms with Crippen molar-refractivity contribution in [2.45, 2.75) is 0 Å². The zero-order chi connectivity index (χ0) is 8.39. The van der Waals surface area contributed by atoms with E-state index in [9.17, 15) is 0 Å². The summed E-state index contributed by atoms with van der Waals surface area (Å²) in [5.41, 5.74) is 3.31. The van der Waals surface area contributed by atoms with Gasteiger partial charge in [-0.2, -0.15) is 0 Å². The average Bonchev–Trinajstić information content (AvgIpc) is 2.77. The fraction of sp³-hybridized carbons (Fsp3) is 0. The van der Waals surface area contributed by atoms with Gasteiger partial charge in [0, 0.05) is 24.8 Å². The largest absolute Gasteiger partial charge is 0.367 e. The Morgan fingerprint density at radius 3 is 1.83 bits per heavy atom. The second kappa shape index (κ2) is 2.74. The maximum atomic E-state index is 4.00. The summed E-state index contributed by atoms with van der Waals surface area (Å²) in [7, 11) is 0. The first kappa shape index (κ1) is 6.98. The van der Waals surface area contributed by atoms with Crippen LogP contribution in [0, 0.1) is 0 Å². The molecule has 0 aliphatic carbocycles. The number of aromatic nitrogens is 2. The molecule has 2 nitrogen and oxygen atoms in total. The smallest absolute Gasteiger partial charge is 0.00841 e. The number of rotatable bonds is 2. The predicted octanol–water partition coefficient (Wildman–Crippen LogP) is 2.40. The van der Waals surface area contributed by atoms with Crippen LogP contribution < -0.4 is 0 Å². The molecule has 0 aliphatic rings. The first-order chi connectivity index (χ1) is 5.88. The molecule has 2 heteroatoms. The van der Waals surface area contributed by atoms with Crippen molar-refractivity contribution in [3.63, 3.8) is 0 Å². The summed E-state index contributed by atoms with van der Waals surface area (Å²) >= 11 is 0. The molecule has 2 heterocycles. The summed E-state index contributed by atoms with van der Waals surface area (Å²) < 4.78 is 0. The van der Waals surface area contributed by atoms with Gasteiger partial charge in [-0.25, -0.2) is 0 Å². The Morgan fingerprint density at radius 1 is 1.00 bits per heavy atom. The molecular formula is C10H10N2. The van der Waals surface area contributed by atoms with E-state index in [0.29, 0.717) is 0 Å². The molecule has 0 aliphatic heterocycles. The molecule has 2 rings (SSSR count). The van der Waals surface area contributed by atoms with Crippen molar-refractivity contribution in [1.29, 1.82) is 0 Å². The standard InChI is InChI=1S/C10H10N2/c1-8(9-2-4-11-6-9)10-3-5-12-7-10/h2-7,11-12H,1H2. The predicted molar refractivity (Wildman–Crippen MR) is 49.7 cm³/mol. The van der Waals surface area contributed by atoms with Gasteiger partial charge in [0.05, 0.1) is 0 Å². The van der Waals surface area contributed by atoms with Gasteiger partial charge in [0.2, 0.25) is 0 Å². The van der Waals surface area contributed by atoms with Gasteiger partial charge >= 0.3 is 0 Å². The molecule has 0 bridgehead atoms. The van der Waals surface area contributed by atoms with Gasteiger partial charge in [-0.15, -0.1) is 0 Å². The SMILES string of the molecule is C=C(c1cc[nH]c1)c1cc[nH]c1. The highest BCUT2D eigenvalue weighted by Gasteiger charge is 2.01. The first-order valence-corrected chi connectivity index (χ1v) is 3.83. The Bertz CT molecular complexity index is 318. The Labute approximate surface area is 70.9 Å². The van der Waals surface area contributed by atoms with Gasteiger partial charge in [-0.3, -0.25) is 0 Å². The van der Waals surface area contributed by atoms with Crippen LogP contribution in [0.15, 0.2) is 43.5 Å². The van der Waals surface area contributed by atoms with Gasteiger partial charge in [-0.1, -0.05) is 6.58 Å². The van der Waals surface area contributed by atoms with Crippen molar-refractivity contribution in [2.75, 3.05) is 0 Å². The molecule has 2 aromatic rings. The maximum Gasteiger partial charge on any atom is 0.00841 e. The van der Waals surface area contributed by atoms with E-state index < -0.39 is 0 Å². The van der Waals surface area contributed by atoms with Gasteiger partial charge in [-0.05, 0) is 28.8 Å². The van der Waals surface area contributed by atoms with Crippen LogP contribution in [0.5, 0.6) is 0 Å². The topological polar surface area (TPSA) is 31.6 Å². The molecule has 0 saturated carbocycles. The molecule has 60 valence electrons. The highest BCUT2D eigenvalue weighted by atomic mass is 14.6. The van der Waals surface area contributed by atoms with Crippen LogP contribution in [0.2, 0.25) is 0 Å². The lowest BCUT2D eigenvalue weighted by Gasteiger charge is -1.97. The quantitative estimate of drug-likeness (QED) is 0.672. The summed E-state index contributed by atoms with van der Waals surface area (Å²) in [6.45, 7) is 4.00.